The fraction of sp³-hybridized carbons (Fsp3) is 0.814. The van der Waals surface area contributed by atoms with Crippen LogP contribution in [0.5, 0.6) is 0 Å². The summed E-state index contributed by atoms with van der Waals surface area (Å²) in [5, 5.41) is 25.8. The van der Waals surface area contributed by atoms with E-state index in [9.17, 15) is 14.7 Å². The average molecular weight is 724 g/mol. The summed E-state index contributed by atoms with van der Waals surface area (Å²) in [6, 6.07) is 9.66. The number of fused-ring (bicyclic) bond motifs is 5. The number of aliphatic hydroxyl groups excluding tert-OH is 1. The topological polar surface area (TPSA) is 138 Å². The smallest absolute Gasteiger partial charge is 0.328 e. The van der Waals surface area contributed by atoms with Crippen LogP contribution in [-0.4, -0.2) is 81.5 Å². The molecule has 4 aliphatic rings. The maximum absolute atomic E-state index is 13.2. The number of hydrogen-bond acceptors (Lipinski definition) is 8. The largest absolute Gasteiger partial charge is 0.467 e. The first-order valence-electron chi connectivity index (χ1n) is 21.0. The molecule has 0 radical (unpaired) electrons. The van der Waals surface area contributed by atoms with Crippen molar-refractivity contribution in [3.05, 3.63) is 35.9 Å². The maximum atomic E-state index is 13.2. The lowest BCUT2D eigenvalue weighted by atomic mass is 9.43. The number of carbonyl (C=O) groups excluding carboxylic acids is 2. The maximum Gasteiger partial charge on any atom is 0.328 e. The first-order valence-corrected chi connectivity index (χ1v) is 21.0. The van der Waals surface area contributed by atoms with Gasteiger partial charge in [0, 0.05) is 18.9 Å². The van der Waals surface area contributed by atoms with Crippen molar-refractivity contribution in [2.24, 2.45) is 52.1 Å². The van der Waals surface area contributed by atoms with Crippen LogP contribution in [0.4, 0.5) is 0 Å². The Hall–Kier alpha value is -2.04. The second-order valence-corrected chi connectivity index (χ2v) is 17.6. The number of rotatable bonds is 20. The molecule has 4 fully saturated rings. The molecule has 7 N–H and O–H groups in total. The van der Waals surface area contributed by atoms with E-state index in [4.69, 9.17) is 10.5 Å². The van der Waals surface area contributed by atoms with E-state index in [1.54, 1.807) is 0 Å². The molecule has 0 aliphatic heterocycles. The highest BCUT2D eigenvalue weighted by molar-refractivity contribution is 5.84. The average Bonchev–Trinajstić information content (AvgIpc) is 3.50. The highest BCUT2D eigenvalue weighted by atomic mass is 16.5. The Morgan fingerprint density at radius 2 is 1.58 bits per heavy atom. The van der Waals surface area contributed by atoms with E-state index in [0.717, 1.165) is 76.9 Å². The molecule has 0 spiro atoms. The van der Waals surface area contributed by atoms with Gasteiger partial charge in [-0.05, 0) is 168 Å². The molecule has 11 atom stereocenters. The van der Waals surface area contributed by atoms with Crippen molar-refractivity contribution in [2.75, 3.05) is 46.4 Å². The van der Waals surface area contributed by atoms with Gasteiger partial charge in [0.25, 0.3) is 0 Å². The van der Waals surface area contributed by atoms with Gasteiger partial charge in [0.05, 0.1) is 13.2 Å². The van der Waals surface area contributed by atoms with Crippen LogP contribution in [0.3, 0.4) is 0 Å². The number of amides is 1. The number of ether oxygens (including phenoxy) is 1. The third kappa shape index (κ3) is 9.98. The predicted molar refractivity (Wildman–Crippen MR) is 210 cm³/mol. The summed E-state index contributed by atoms with van der Waals surface area (Å²) in [6.07, 6.45) is 14.3. The lowest BCUT2D eigenvalue weighted by Gasteiger charge is -2.62. The van der Waals surface area contributed by atoms with Crippen molar-refractivity contribution >= 4 is 11.9 Å². The molecular formula is C43H73N5O4. The number of nitrogens with two attached hydrogens (primary N) is 1. The van der Waals surface area contributed by atoms with Gasteiger partial charge in [0.2, 0.25) is 5.91 Å². The molecule has 1 amide bonds. The highest BCUT2D eigenvalue weighted by Gasteiger charge is 2.62. The molecule has 0 unspecified atom stereocenters. The summed E-state index contributed by atoms with van der Waals surface area (Å²) in [7, 11) is 1.38. The van der Waals surface area contributed by atoms with Crippen LogP contribution >= 0.6 is 0 Å². The summed E-state index contributed by atoms with van der Waals surface area (Å²) in [4.78, 5) is 25.7. The van der Waals surface area contributed by atoms with Crippen LogP contribution in [0, 0.1) is 46.3 Å². The number of methoxy groups -OCH3 is 1. The van der Waals surface area contributed by atoms with Gasteiger partial charge in [-0.2, -0.15) is 0 Å². The second-order valence-electron chi connectivity index (χ2n) is 17.6. The monoisotopic (exact) mass is 724 g/mol. The van der Waals surface area contributed by atoms with Gasteiger partial charge in [-0.15, -0.1) is 0 Å². The number of hydrogen-bond donors (Lipinski definition) is 6. The van der Waals surface area contributed by atoms with Crippen LogP contribution in [0.2, 0.25) is 0 Å². The predicted octanol–water partition coefficient (Wildman–Crippen LogP) is 5.20. The second kappa shape index (κ2) is 19.5. The van der Waals surface area contributed by atoms with E-state index < -0.39 is 12.0 Å². The molecular weight excluding hydrogens is 651 g/mol. The Balaban J connectivity index is 1.07. The SMILES string of the molecule is COC(=O)[C@H](Cc1ccccc1)NC(=O)CC[C@@H](C)[C@H]1CC[C@H]2[C@@H]3[C@H](O)C[C@@H]4C[C@@H](NCCCNCCCNCCCN)CC[C@]4(C)[C@H]3CC[C@]12C. The van der Waals surface area contributed by atoms with E-state index in [-0.39, 0.29) is 17.4 Å². The van der Waals surface area contributed by atoms with Crippen LogP contribution < -0.4 is 27.0 Å². The number of carbonyl (C=O) groups is 2. The van der Waals surface area contributed by atoms with Gasteiger partial charge in [0.1, 0.15) is 6.04 Å². The Morgan fingerprint density at radius 3 is 2.29 bits per heavy atom. The molecule has 5 rings (SSSR count). The highest BCUT2D eigenvalue weighted by Crippen LogP contribution is 2.68. The zero-order chi connectivity index (χ0) is 37.1. The first-order chi connectivity index (χ1) is 25.1. The quantitative estimate of drug-likeness (QED) is 0.0799. The molecule has 1 aromatic carbocycles. The van der Waals surface area contributed by atoms with Crippen molar-refractivity contribution in [2.45, 2.75) is 129 Å². The molecule has 4 aliphatic carbocycles. The van der Waals surface area contributed by atoms with E-state index in [1.807, 2.05) is 30.3 Å². The summed E-state index contributed by atoms with van der Waals surface area (Å²) < 4.78 is 5.02. The molecule has 0 saturated heterocycles. The van der Waals surface area contributed by atoms with Crippen LogP contribution in [0.25, 0.3) is 0 Å². The summed E-state index contributed by atoms with van der Waals surface area (Å²) in [6.45, 7) is 13.4. The number of nitrogens with one attached hydrogen (secondary N) is 4. The van der Waals surface area contributed by atoms with Gasteiger partial charge >= 0.3 is 5.97 Å². The van der Waals surface area contributed by atoms with E-state index in [2.05, 4.69) is 42.0 Å². The Kier molecular flexibility index (Phi) is 15.4. The van der Waals surface area contributed by atoms with Gasteiger partial charge in [-0.25, -0.2) is 4.79 Å². The third-order valence-corrected chi connectivity index (χ3v) is 14.6. The van der Waals surface area contributed by atoms with Crippen LogP contribution in [0.1, 0.15) is 110 Å². The molecule has 1 aromatic rings. The Bertz CT molecular complexity index is 1250. The van der Waals surface area contributed by atoms with Gasteiger partial charge in [0.15, 0.2) is 0 Å². The molecule has 9 nitrogen and oxygen atoms in total. The Labute approximate surface area is 315 Å². The normalized spacial score (nSPS) is 33.7. The van der Waals surface area contributed by atoms with Crippen molar-refractivity contribution < 1.29 is 19.4 Å². The third-order valence-electron chi connectivity index (χ3n) is 14.6. The molecule has 0 aromatic heterocycles. The zero-order valence-electron chi connectivity index (χ0n) is 33.0. The molecule has 4 saturated carbocycles. The van der Waals surface area contributed by atoms with Gasteiger partial charge in [-0.1, -0.05) is 51.1 Å². The van der Waals surface area contributed by atoms with Crippen molar-refractivity contribution in [1.29, 1.82) is 0 Å². The minimum Gasteiger partial charge on any atom is -0.467 e. The number of esters is 1. The Morgan fingerprint density at radius 1 is 0.904 bits per heavy atom. The number of benzene rings is 1. The first kappa shape index (κ1) is 41.1. The van der Waals surface area contributed by atoms with E-state index in [0.29, 0.717) is 59.8 Å². The molecule has 294 valence electrons. The minimum atomic E-state index is -0.681. The fourth-order valence-electron chi connectivity index (χ4n) is 11.7. The van der Waals surface area contributed by atoms with Crippen molar-refractivity contribution in [1.82, 2.24) is 21.3 Å². The number of aliphatic hydroxyl groups is 1. The van der Waals surface area contributed by atoms with Gasteiger partial charge in [-0.3, -0.25) is 4.79 Å². The summed E-state index contributed by atoms with van der Waals surface area (Å²) >= 11 is 0. The van der Waals surface area contributed by atoms with Crippen LogP contribution in [-0.2, 0) is 20.7 Å². The molecule has 9 heteroatoms. The summed E-state index contributed by atoms with van der Waals surface area (Å²) in [5.74, 6) is 2.62. The lowest BCUT2D eigenvalue weighted by Crippen LogP contribution is -2.59. The fourth-order valence-corrected chi connectivity index (χ4v) is 11.7. The van der Waals surface area contributed by atoms with Crippen molar-refractivity contribution in [3.8, 4) is 0 Å². The summed E-state index contributed by atoms with van der Waals surface area (Å²) in [5.41, 5.74) is 7.07. The van der Waals surface area contributed by atoms with Crippen molar-refractivity contribution in [3.63, 3.8) is 0 Å². The molecule has 52 heavy (non-hydrogen) atoms. The minimum absolute atomic E-state index is 0.0805. The molecule has 0 bridgehead atoms. The van der Waals surface area contributed by atoms with E-state index in [1.165, 1.54) is 52.1 Å². The van der Waals surface area contributed by atoms with Gasteiger partial charge < -0.3 is 36.8 Å². The zero-order valence-corrected chi connectivity index (χ0v) is 33.0. The lowest BCUT2D eigenvalue weighted by molar-refractivity contribution is -0.167. The standard InChI is InChI=1S/C43H73N5O4/c1-30(13-16-39(50)48-37(41(51)52-4)27-31-11-6-5-7-12-31)34-14-15-35-40-36(18-20-43(34,35)3)42(2)19-17-33(28-32(42)29-38(40)49)47-26-10-25-46-24-9-23-45-22-8-21-44/h5-7,11-12,30,32-38,40,45-47,49H,8-10,13-29,44H2,1-4H3,(H,48,50)/t30-,32+,33+,34-,35+,36+,37+,38-,40+,42+,43-/m1/s1. The molecule has 0 heterocycles. The van der Waals surface area contributed by atoms with E-state index >= 15 is 0 Å². The van der Waals surface area contributed by atoms with Crippen LogP contribution in [0.15, 0.2) is 30.3 Å².